The Balaban J connectivity index is 1.39. The van der Waals surface area contributed by atoms with Crippen LogP contribution in [0.5, 0.6) is 0 Å². The molecule has 0 fully saturated rings. The van der Waals surface area contributed by atoms with E-state index in [-0.39, 0.29) is 5.56 Å². The van der Waals surface area contributed by atoms with Crippen LogP contribution in [0.1, 0.15) is 30.2 Å². The van der Waals surface area contributed by atoms with Crippen LogP contribution in [0.4, 0.5) is 5.13 Å². The van der Waals surface area contributed by atoms with Gasteiger partial charge in [-0.05, 0) is 42.7 Å². The van der Waals surface area contributed by atoms with Gasteiger partial charge in [0.2, 0.25) is 10.1 Å². The van der Waals surface area contributed by atoms with Gasteiger partial charge in [0, 0.05) is 18.3 Å². The second-order valence-corrected chi connectivity index (χ2v) is 7.26. The largest absolute Gasteiger partial charge is 0.360 e. The van der Waals surface area contributed by atoms with Crippen LogP contribution >= 0.6 is 11.3 Å². The van der Waals surface area contributed by atoms with Gasteiger partial charge in [-0.1, -0.05) is 42.5 Å². The van der Waals surface area contributed by atoms with Crippen LogP contribution in [0.15, 0.2) is 35.1 Å². The highest BCUT2D eigenvalue weighted by molar-refractivity contribution is 7.20. The molecule has 0 aliphatic heterocycles. The van der Waals surface area contributed by atoms with Crippen LogP contribution in [0, 0.1) is 5.92 Å². The predicted octanol–water partition coefficient (Wildman–Crippen LogP) is 2.93. The molecule has 1 aromatic carbocycles. The fraction of sp³-hybridized carbons (Fsp3) is 0.389. The number of aryl methyl sites for hydroxylation is 1. The Hall–Kier alpha value is -2.21. The Morgan fingerprint density at radius 1 is 1.29 bits per heavy atom. The second kappa shape index (κ2) is 6.36. The summed E-state index contributed by atoms with van der Waals surface area (Å²) in [5.74, 6) is 0.691. The molecule has 0 bridgehead atoms. The molecule has 124 valence electrons. The van der Waals surface area contributed by atoms with Crippen molar-refractivity contribution in [1.29, 1.82) is 0 Å². The Bertz CT molecular complexity index is 905. The van der Waals surface area contributed by atoms with E-state index < -0.39 is 0 Å². The molecule has 1 aliphatic rings. The quantitative estimate of drug-likeness (QED) is 0.776. The molecule has 0 amide bonds. The first-order chi connectivity index (χ1) is 11.7. The van der Waals surface area contributed by atoms with Crippen molar-refractivity contribution in [3.8, 4) is 0 Å². The minimum atomic E-state index is -0.104. The van der Waals surface area contributed by atoms with Gasteiger partial charge in [-0.15, -0.1) is 5.10 Å². The Kier molecular flexibility index (Phi) is 4.06. The summed E-state index contributed by atoms with van der Waals surface area (Å²) in [6, 6.07) is 10.3. The molecule has 24 heavy (non-hydrogen) atoms. The lowest BCUT2D eigenvalue weighted by Crippen LogP contribution is -2.15. The predicted molar refractivity (Wildman–Crippen MR) is 97.0 cm³/mol. The highest BCUT2D eigenvalue weighted by Crippen LogP contribution is 2.28. The Morgan fingerprint density at radius 2 is 2.04 bits per heavy atom. The van der Waals surface area contributed by atoms with Crippen molar-refractivity contribution < 1.29 is 0 Å². The van der Waals surface area contributed by atoms with Crippen molar-refractivity contribution in [3.63, 3.8) is 0 Å². The van der Waals surface area contributed by atoms with Crippen LogP contribution < -0.4 is 10.9 Å². The van der Waals surface area contributed by atoms with E-state index in [4.69, 9.17) is 0 Å². The summed E-state index contributed by atoms with van der Waals surface area (Å²) in [6.07, 6.45) is 4.19. The van der Waals surface area contributed by atoms with Crippen LogP contribution in [0.3, 0.4) is 0 Å². The highest BCUT2D eigenvalue weighted by Gasteiger charge is 2.20. The summed E-state index contributed by atoms with van der Waals surface area (Å²) in [5.41, 5.74) is 3.70. The van der Waals surface area contributed by atoms with E-state index in [0.717, 1.165) is 30.2 Å². The third-order valence-electron chi connectivity index (χ3n) is 4.62. The summed E-state index contributed by atoms with van der Waals surface area (Å²) >= 11 is 1.44. The van der Waals surface area contributed by atoms with Gasteiger partial charge in [0.25, 0.3) is 5.56 Å². The molecule has 1 aliphatic carbocycles. The minimum Gasteiger partial charge on any atom is -0.360 e. The summed E-state index contributed by atoms with van der Waals surface area (Å²) in [5, 5.41) is 8.47. The zero-order chi connectivity index (χ0) is 16.5. The first kappa shape index (κ1) is 15.3. The molecule has 2 heterocycles. The average molecular weight is 340 g/mol. The zero-order valence-corrected chi connectivity index (χ0v) is 14.5. The van der Waals surface area contributed by atoms with Crippen LogP contribution in [0.2, 0.25) is 0 Å². The van der Waals surface area contributed by atoms with E-state index in [1.807, 2.05) is 6.92 Å². The van der Waals surface area contributed by atoms with E-state index in [1.165, 1.54) is 39.8 Å². The lowest BCUT2D eigenvalue weighted by molar-refractivity contribution is 0.530. The number of nitrogens with zero attached hydrogens (tertiary/aromatic N) is 3. The van der Waals surface area contributed by atoms with Crippen molar-refractivity contribution >= 4 is 21.4 Å². The molecule has 0 atom stereocenters. The van der Waals surface area contributed by atoms with Gasteiger partial charge in [0.05, 0.1) is 0 Å². The number of nitrogens with one attached hydrogen (secondary N) is 1. The van der Waals surface area contributed by atoms with E-state index in [9.17, 15) is 4.79 Å². The van der Waals surface area contributed by atoms with E-state index in [1.54, 1.807) is 6.07 Å². The maximum Gasteiger partial charge on any atom is 0.275 e. The molecule has 4 rings (SSSR count). The van der Waals surface area contributed by atoms with Crippen LogP contribution in [0.25, 0.3) is 4.96 Å². The van der Waals surface area contributed by atoms with Gasteiger partial charge < -0.3 is 5.32 Å². The molecule has 5 nitrogen and oxygen atoms in total. The molecular weight excluding hydrogens is 320 g/mol. The number of rotatable bonds is 5. The van der Waals surface area contributed by atoms with Crippen LogP contribution in [-0.2, 0) is 19.3 Å². The second-order valence-electron chi connectivity index (χ2n) is 6.30. The number of hydrogen-bond acceptors (Lipinski definition) is 5. The van der Waals surface area contributed by atoms with Gasteiger partial charge in [0.15, 0.2) is 0 Å². The van der Waals surface area contributed by atoms with Crippen molar-refractivity contribution in [2.45, 2.75) is 32.6 Å². The molecule has 0 radical (unpaired) electrons. The molecule has 1 N–H and O–H groups in total. The summed E-state index contributed by atoms with van der Waals surface area (Å²) in [7, 11) is 0. The molecule has 0 spiro atoms. The van der Waals surface area contributed by atoms with Gasteiger partial charge in [-0.2, -0.15) is 4.52 Å². The minimum absolute atomic E-state index is 0.104. The van der Waals surface area contributed by atoms with Gasteiger partial charge >= 0.3 is 0 Å². The van der Waals surface area contributed by atoms with Crippen molar-refractivity contribution in [2.75, 3.05) is 11.9 Å². The lowest BCUT2D eigenvalue weighted by Gasteiger charge is -2.08. The smallest absolute Gasteiger partial charge is 0.275 e. The number of anilines is 1. The van der Waals surface area contributed by atoms with E-state index in [2.05, 4.69) is 39.7 Å². The Morgan fingerprint density at radius 3 is 2.75 bits per heavy atom. The lowest BCUT2D eigenvalue weighted by atomic mass is 10.0. The SMILES string of the molecule is CCc1cc(=O)n2nc(NCCC3Cc4ccccc4C3)sc2n1. The molecule has 0 saturated heterocycles. The number of fused-ring (bicyclic) bond motifs is 2. The molecule has 0 unspecified atom stereocenters. The first-order valence-electron chi connectivity index (χ1n) is 8.43. The fourth-order valence-electron chi connectivity index (χ4n) is 3.35. The van der Waals surface area contributed by atoms with Crippen molar-refractivity contribution in [3.05, 3.63) is 57.5 Å². The summed E-state index contributed by atoms with van der Waals surface area (Å²) in [4.78, 5) is 17.1. The standard InChI is InChI=1S/C18H20N4OS/c1-2-15-11-16(23)22-18(20-15)24-17(21-22)19-8-7-12-9-13-5-3-4-6-14(13)10-12/h3-6,11-12H,2,7-10H2,1H3,(H,19,21). The van der Waals surface area contributed by atoms with E-state index >= 15 is 0 Å². The Labute approximate surface area is 144 Å². The number of aromatic nitrogens is 3. The van der Waals surface area contributed by atoms with Gasteiger partial charge in [0.1, 0.15) is 0 Å². The zero-order valence-electron chi connectivity index (χ0n) is 13.7. The summed E-state index contributed by atoms with van der Waals surface area (Å²) in [6.45, 7) is 2.87. The maximum absolute atomic E-state index is 12.0. The third kappa shape index (κ3) is 2.94. The highest BCUT2D eigenvalue weighted by atomic mass is 32.1. The number of benzene rings is 1. The molecule has 6 heteroatoms. The third-order valence-corrected chi connectivity index (χ3v) is 5.49. The van der Waals surface area contributed by atoms with Gasteiger partial charge in [-0.3, -0.25) is 4.79 Å². The average Bonchev–Trinajstić information content (AvgIpc) is 3.18. The molecular formula is C18H20N4OS. The van der Waals surface area contributed by atoms with Crippen molar-refractivity contribution in [1.82, 2.24) is 14.6 Å². The van der Waals surface area contributed by atoms with E-state index in [0.29, 0.717) is 10.9 Å². The van der Waals surface area contributed by atoms with Crippen molar-refractivity contribution in [2.24, 2.45) is 5.92 Å². The molecule has 2 aromatic heterocycles. The molecule has 3 aromatic rings. The fourth-order valence-corrected chi connectivity index (χ4v) is 4.20. The normalized spacial score (nSPS) is 14.2. The molecule has 0 saturated carbocycles. The maximum atomic E-state index is 12.0. The summed E-state index contributed by atoms with van der Waals surface area (Å²) < 4.78 is 1.39. The monoisotopic (exact) mass is 340 g/mol. The topological polar surface area (TPSA) is 59.3 Å². The van der Waals surface area contributed by atoms with Crippen LogP contribution in [-0.4, -0.2) is 21.1 Å². The number of hydrogen-bond donors (Lipinski definition) is 1. The first-order valence-corrected chi connectivity index (χ1v) is 9.25. The van der Waals surface area contributed by atoms with Gasteiger partial charge in [-0.25, -0.2) is 4.98 Å².